The fourth-order valence-electron chi connectivity index (χ4n) is 4.50. The molecule has 1 heterocycles. The SMILES string of the molecule is O=C1NC2(CCCCC2)C(=O)N1CC(=O)N(C1=CCCCC1)C1CC1. The Balaban J connectivity index is 1.48. The van der Waals surface area contributed by atoms with Gasteiger partial charge in [0.2, 0.25) is 5.91 Å². The molecule has 0 aromatic heterocycles. The van der Waals surface area contributed by atoms with Gasteiger partial charge < -0.3 is 10.2 Å². The molecule has 4 rings (SSSR count). The highest BCUT2D eigenvalue weighted by Gasteiger charge is 2.52. The second kappa shape index (κ2) is 6.46. The Labute approximate surface area is 148 Å². The van der Waals surface area contributed by atoms with Crippen molar-refractivity contribution in [1.29, 1.82) is 0 Å². The number of carbonyl (C=O) groups excluding carboxylic acids is 3. The van der Waals surface area contributed by atoms with Crippen LogP contribution in [0.4, 0.5) is 4.79 Å². The minimum absolute atomic E-state index is 0.105. The van der Waals surface area contributed by atoms with Gasteiger partial charge in [-0.3, -0.25) is 14.5 Å². The van der Waals surface area contributed by atoms with Crippen LogP contribution >= 0.6 is 0 Å². The maximum Gasteiger partial charge on any atom is 0.325 e. The highest BCUT2D eigenvalue weighted by Crippen LogP contribution is 2.36. The Bertz CT molecular complexity index is 617. The van der Waals surface area contributed by atoms with Gasteiger partial charge in [-0.15, -0.1) is 0 Å². The van der Waals surface area contributed by atoms with Crippen molar-refractivity contribution in [1.82, 2.24) is 15.1 Å². The van der Waals surface area contributed by atoms with Crippen LogP contribution < -0.4 is 5.32 Å². The Morgan fingerprint density at radius 2 is 1.92 bits per heavy atom. The molecule has 0 aromatic rings. The Kier molecular flexibility index (Phi) is 4.29. The Hall–Kier alpha value is -1.85. The van der Waals surface area contributed by atoms with Gasteiger partial charge in [0, 0.05) is 11.7 Å². The van der Waals surface area contributed by atoms with E-state index in [0.717, 1.165) is 62.0 Å². The van der Waals surface area contributed by atoms with Crippen molar-refractivity contribution in [3.05, 3.63) is 11.8 Å². The Morgan fingerprint density at radius 1 is 1.16 bits per heavy atom. The zero-order valence-corrected chi connectivity index (χ0v) is 14.8. The molecule has 0 unspecified atom stereocenters. The van der Waals surface area contributed by atoms with Gasteiger partial charge in [-0.05, 0) is 51.4 Å². The predicted molar refractivity (Wildman–Crippen MR) is 92.5 cm³/mol. The molecule has 0 aromatic carbocycles. The van der Waals surface area contributed by atoms with Crippen LogP contribution in [0.1, 0.15) is 70.6 Å². The van der Waals surface area contributed by atoms with Crippen LogP contribution in [-0.4, -0.2) is 45.8 Å². The van der Waals surface area contributed by atoms with E-state index in [-0.39, 0.29) is 24.4 Å². The predicted octanol–water partition coefficient (Wildman–Crippen LogP) is 2.69. The number of nitrogens with one attached hydrogen (secondary N) is 1. The minimum atomic E-state index is -0.746. The van der Waals surface area contributed by atoms with E-state index in [0.29, 0.717) is 12.8 Å². The molecular formula is C19H27N3O3. The summed E-state index contributed by atoms with van der Waals surface area (Å²) in [6.45, 7) is -0.125. The summed E-state index contributed by atoms with van der Waals surface area (Å²) < 4.78 is 0. The van der Waals surface area contributed by atoms with Crippen LogP contribution in [0.25, 0.3) is 0 Å². The molecule has 0 atom stereocenters. The molecule has 3 aliphatic carbocycles. The normalized spacial score (nSPS) is 25.8. The van der Waals surface area contributed by atoms with Crippen molar-refractivity contribution in [2.75, 3.05) is 6.54 Å². The monoisotopic (exact) mass is 345 g/mol. The molecule has 25 heavy (non-hydrogen) atoms. The maximum atomic E-state index is 13.0. The van der Waals surface area contributed by atoms with E-state index in [4.69, 9.17) is 0 Å². The first-order chi connectivity index (χ1) is 12.1. The lowest BCUT2D eigenvalue weighted by atomic mass is 9.82. The molecule has 0 radical (unpaired) electrons. The summed E-state index contributed by atoms with van der Waals surface area (Å²) in [7, 11) is 0. The largest absolute Gasteiger partial charge is 0.325 e. The van der Waals surface area contributed by atoms with E-state index in [1.807, 2.05) is 4.90 Å². The number of hydrogen-bond donors (Lipinski definition) is 1. The molecule has 136 valence electrons. The van der Waals surface area contributed by atoms with Gasteiger partial charge in [0.1, 0.15) is 12.1 Å². The summed E-state index contributed by atoms with van der Waals surface area (Å²) in [5.41, 5.74) is 0.350. The molecular weight excluding hydrogens is 318 g/mol. The zero-order chi connectivity index (χ0) is 17.4. The smallest absolute Gasteiger partial charge is 0.323 e. The average Bonchev–Trinajstić information content (AvgIpc) is 3.42. The van der Waals surface area contributed by atoms with Crippen molar-refractivity contribution >= 4 is 17.8 Å². The fourth-order valence-corrected chi connectivity index (χ4v) is 4.50. The number of nitrogens with zero attached hydrogens (tertiary/aromatic N) is 2. The van der Waals surface area contributed by atoms with E-state index >= 15 is 0 Å². The standard InChI is InChI=1S/C19H27N3O3/c23-16(22(15-9-10-15)14-7-3-1-4-8-14)13-21-17(24)19(20-18(21)25)11-5-2-6-12-19/h7,15H,1-6,8-13H2,(H,20,25). The van der Waals surface area contributed by atoms with E-state index in [1.54, 1.807) is 0 Å². The zero-order valence-electron chi connectivity index (χ0n) is 14.8. The summed E-state index contributed by atoms with van der Waals surface area (Å²) in [5, 5.41) is 2.89. The average molecular weight is 345 g/mol. The van der Waals surface area contributed by atoms with Crippen molar-refractivity contribution in [3.8, 4) is 0 Å². The molecule has 4 amide bonds. The van der Waals surface area contributed by atoms with Crippen LogP contribution in [0.5, 0.6) is 0 Å². The number of imide groups is 1. The summed E-state index contributed by atoms with van der Waals surface area (Å²) in [6, 6.07) is -0.130. The van der Waals surface area contributed by atoms with Crippen LogP contribution in [0.15, 0.2) is 11.8 Å². The first-order valence-electron chi connectivity index (χ1n) is 9.76. The molecule has 1 saturated heterocycles. The topological polar surface area (TPSA) is 69.7 Å². The number of amides is 4. The van der Waals surface area contributed by atoms with Gasteiger partial charge in [0.25, 0.3) is 5.91 Å². The molecule has 6 heteroatoms. The van der Waals surface area contributed by atoms with Gasteiger partial charge in [-0.2, -0.15) is 0 Å². The number of rotatable bonds is 4. The fraction of sp³-hybridized carbons (Fsp3) is 0.737. The second-order valence-electron chi connectivity index (χ2n) is 7.90. The van der Waals surface area contributed by atoms with Crippen LogP contribution in [0.2, 0.25) is 0 Å². The number of allylic oxidation sites excluding steroid dienone is 2. The van der Waals surface area contributed by atoms with Crippen LogP contribution in [0.3, 0.4) is 0 Å². The molecule has 3 fully saturated rings. The van der Waals surface area contributed by atoms with Crippen molar-refractivity contribution in [2.24, 2.45) is 0 Å². The summed E-state index contributed by atoms with van der Waals surface area (Å²) in [5.74, 6) is -0.300. The first-order valence-corrected chi connectivity index (χ1v) is 9.76. The first kappa shape index (κ1) is 16.6. The summed E-state index contributed by atoms with van der Waals surface area (Å²) >= 11 is 0. The van der Waals surface area contributed by atoms with Crippen molar-refractivity contribution < 1.29 is 14.4 Å². The lowest BCUT2D eigenvalue weighted by Gasteiger charge is -2.31. The number of carbonyl (C=O) groups is 3. The van der Waals surface area contributed by atoms with Gasteiger partial charge in [-0.25, -0.2) is 4.79 Å². The third-order valence-electron chi connectivity index (χ3n) is 6.00. The summed E-state index contributed by atoms with van der Waals surface area (Å²) in [6.07, 6.45) is 12.8. The van der Waals surface area contributed by atoms with E-state index < -0.39 is 11.6 Å². The number of urea groups is 1. The highest BCUT2D eigenvalue weighted by atomic mass is 16.2. The third-order valence-corrected chi connectivity index (χ3v) is 6.00. The lowest BCUT2D eigenvalue weighted by Crippen LogP contribution is -2.49. The van der Waals surface area contributed by atoms with E-state index in [9.17, 15) is 14.4 Å². The molecule has 4 aliphatic rings. The highest BCUT2D eigenvalue weighted by molar-refractivity contribution is 6.09. The second-order valence-corrected chi connectivity index (χ2v) is 7.90. The van der Waals surface area contributed by atoms with Gasteiger partial charge in [0.15, 0.2) is 0 Å². The quantitative estimate of drug-likeness (QED) is 0.797. The summed E-state index contributed by atoms with van der Waals surface area (Å²) in [4.78, 5) is 41.2. The van der Waals surface area contributed by atoms with E-state index in [2.05, 4.69) is 11.4 Å². The third kappa shape index (κ3) is 3.07. The number of hydrogen-bond acceptors (Lipinski definition) is 3. The molecule has 2 saturated carbocycles. The van der Waals surface area contributed by atoms with Gasteiger partial charge in [0.05, 0.1) is 0 Å². The van der Waals surface area contributed by atoms with Crippen LogP contribution in [0, 0.1) is 0 Å². The van der Waals surface area contributed by atoms with Crippen LogP contribution in [-0.2, 0) is 9.59 Å². The lowest BCUT2D eigenvalue weighted by molar-refractivity contribution is -0.139. The Morgan fingerprint density at radius 3 is 2.56 bits per heavy atom. The molecule has 1 aliphatic heterocycles. The molecule has 1 N–H and O–H groups in total. The van der Waals surface area contributed by atoms with Crippen molar-refractivity contribution in [2.45, 2.75) is 82.2 Å². The molecule has 6 nitrogen and oxygen atoms in total. The van der Waals surface area contributed by atoms with Gasteiger partial charge in [-0.1, -0.05) is 25.3 Å². The molecule has 1 spiro atoms. The molecule has 0 bridgehead atoms. The van der Waals surface area contributed by atoms with Crippen molar-refractivity contribution in [3.63, 3.8) is 0 Å². The maximum absolute atomic E-state index is 13.0. The van der Waals surface area contributed by atoms with Gasteiger partial charge >= 0.3 is 6.03 Å². The van der Waals surface area contributed by atoms with E-state index in [1.165, 1.54) is 6.42 Å². The minimum Gasteiger partial charge on any atom is -0.323 e.